The molecule has 0 aliphatic heterocycles. The lowest BCUT2D eigenvalue weighted by Crippen LogP contribution is -2.28. The number of hydrogen-bond acceptors (Lipinski definition) is 1. The van der Waals surface area contributed by atoms with E-state index in [9.17, 15) is 0 Å². The lowest BCUT2D eigenvalue weighted by atomic mass is 9.99. The third kappa shape index (κ3) is 1.96. The maximum Gasteiger partial charge on any atom is 0.00642 e. The highest BCUT2D eigenvalue weighted by atomic mass is 14.9. The normalized spacial score (nSPS) is 40.9. The first-order chi connectivity index (χ1) is 5.15. The summed E-state index contributed by atoms with van der Waals surface area (Å²) >= 11 is 0. The smallest absolute Gasteiger partial charge is 0.00642 e. The van der Waals surface area contributed by atoms with Crippen LogP contribution in [0, 0.1) is 17.8 Å². The molecule has 0 radical (unpaired) electrons. The van der Waals surface area contributed by atoms with Gasteiger partial charge in [-0.15, -0.1) is 0 Å². The molecule has 0 bridgehead atoms. The molecule has 1 aliphatic carbocycles. The molecule has 66 valence electrons. The molecule has 1 N–H and O–H groups in total. The maximum absolute atomic E-state index is 3.35. The van der Waals surface area contributed by atoms with Crippen molar-refractivity contribution in [2.45, 2.75) is 39.7 Å². The Morgan fingerprint density at radius 2 is 1.64 bits per heavy atom. The van der Waals surface area contributed by atoms with Crippen LogP contribution in [0.2, 0.25) is 0 Å². The van der Waals surface area contributed by atoms with E-state index in [0.717, 1.165) is 17.8 Å². The summed E-state index contributed by atoms with van der Waals surface area (Å²) in [5.74, 6) is 2.80. The Labute approximate surface area is 70.6 Å². The summed E-state index contributed by atoms with van der Waals surface area (Å²) in [6.07, 6.45) is 2.84. The average molecular weight is 155 g/mol. The van der Waals surface area contributed by atoms with Crippen LogP contribution in [-0.4, -0.2) is 13.1 Å². The van der Waals surface area contributed by atoms with Crippen molar-refractivity contribution < 1.29 is 0 Å². The zero-order chi connectivity index (χ0) is 8.43. The maximum atomic E-state index is 3.35. The molecule has 1 heteroatoms. The van der Waals surface area contributed by atoms with E-state index in [2.05, 4.69) is 33.1 Å². The van der Waals surface area contributed by atoms with Crippen LogP contribution in [0.3, 0.4) is 0 Å². The van der Waals surface area contributed by atoms with E-state index in [0.29, 0.717) is 6.04 Å². The van der Waals surface area contributed by atoms with Gasteiger partial charge in [-0.2, -0.15) is 0 Å². The van der Waals surface area contributed by atoms with Crippen molar-refractivity contribution in [3.8, 4) is 0 Å². The Morgan fingerprint density at radius 1 is 1.18 bits per heavy atom. The van der Waals surface area contributed by atoms with Crippen LogP contribution in [-0.2, 0) is 0 Å². The van der Waals surface area contributed by atoms with Crippen molar-refractivity contribution in [2.75, 3.05) is 7.05 Å². The summed E-state index contributed by atoms with van der Waals surface area (Å²) in [4.78, 5) is 0. The second kappa shape index (κ2) is 3.57. The first-order valence-electron chi connectivity index (χ1n) is 4.82. The van der Waals surface area contributed by atoms with Gasteiger partial charge in [-0.3, -0.25) is 0 Å². The third-order valence-corrected chi connectivity index (χ3v) is 3.48. The summed E-state index contributed by atoms with van der Waals surface area (Å²) in [6.45, 7) is 7.06. The number of nitrogens with one attached hydrogen (secondary N) is 1. The standard InChI is InChI=1S/C10H21N/c1-7-5-10(6-8(7)2)9(3)11-4/h7-11H,5-6H2,1-4H3. The molecule has 0 spiro atoms. The van der Waals surface area contributed by atoms with Gasteiger partial charge >= 0.3 is 0 Å². The molecule has 11 heavy (non-hydrogen) atoms. The zero-order valence-corrected chi connectivity index (χ0v) is 8.22. The highest BCUT2D eigenvalue weighted by Gasteiger charge is 2.30. The predicted octanol–water partition coefficient (Wildman–Crippen LogP) is 2.28. The lowest BCUT2D eigenvalue weighted by molar-refractivity contribution is 0.391. The molecule has 3 unspecified atom stereocenters. The summed E-state index contributed by atoms with van der Waals surface area (Å²) in [6, 6.07) is 0.711. The van der Waals surface area contributed by atoms with Gasteiger partial charge in [0.1, 0.15) is 0 Å². The molecule has 0 aromatic rings. The Balaban J connectivity index is 2.40. The van der Waals surface area contributed by atoms with Gasteiger partial charge in [0, 0.05) is 6.04 Å². The molecule has 0 aromatic heterocycles. The molecule has 1 fully saturated rings. The molecule has 0 amide bonds. The van der Waals surface area contributed by atoms with E-state index in [1.807, 2.05) is 0 Å². The Bertz CT molecular complexity index is 112. The molecule has 1 nitrogen and oxygen atoms in total. The topological polar surface area (TPSA) is 12.0 Å². The van der Waals surface area contributed by atoms with Crippen LogP contribution in [0.25, 0.3) is 0 Å². The number of hydrogen-bond donors (Lipinski definition) is 1. The first-order valence-corrected chi connectivity index (χ1v) is 4.82. The van der Waals surface area contributed by atoms with Crippen molar-refractivity contribution >= 4 is 0 Å². The molecular formula is C10H21N. The van der Waals surface area contributed by atoms with Crippen LogP contribution >= 0.6 is 0 Å². The van der Waals surface area contributed by atoms with E-state index in [1.165, 1.54) is 12.8 Å². The molecule has 1 rings (SSSR count). The third-order valence-electron chi connectivity index (χ3n) is 3.48. The van der Waals surface area contributed by atoms with E-state index in [1.54, 1.807) is 0 Å². The van der Waals surface area contributed by atoms with E-state index in [4.69, 9.17) is 0 Å². The largest absolute Gasteiger partial charge is 0.317 e. The van der Waals surface area contributed by atoms with Gasteiger partial charge in [0.05, 0.1) is 0 Å². The SMILES string of the molecule is CNC(C)C1CC(C)C(C)C1. The van der Waals surface area contributed by atoms with Gasteiger partial charge < -0.3 is 5.32 Å². The van der Waals surface area contributed by atoms with Crippen molar-refractivity contribution in [1.82, 2.24) is 5.32 Å². The average Bonchev–Trinajstić information content (AvgIpc) is 2.31. The molecule has 0 heterocycles. The Hall–Kier alpha value is -0.0400. The second-order valence-electron chi connectivity index (χ2n) is 4.26. The van der Waals surface area contributed by atoms with Crippen molar-refractivity contribution in [3.05, 3.63) is 0 Å². The summed E-state index contributed by atoms with van der Waals surface area (Å²) < 4.78 is 0. The summed E-state index contributed by atoms with van der Waals surface area (Å²) in [5, 5.41) is 3.35. The minimum absolute atomic E-state index is 0.711. The van der Waals surface area contributed by atoms with Gasteiger partial charge in [-0.1, -0.05) is 13.8 Å². The van der Waals surface area contributed by atoms with E-state index in [-0.39, 0.29) is 0 Å². The van der Waals surface area contributed by atoms with E-state index < -0.39 is 0 Å². The minimum Gasteiger partial charge on any atom is -0.317 e. The molecule has 1 aliphatic rings. The fourth-order valence-corrected chi connectivity index (χ4v) is 2.16. The first kappa shape index (κ1) is 9.05. The highest BCUT2D eigenvalue weighted by Crippen LogP contribution is 2.37. The highest BCUT2D eigenvalue weighted by molar-refractivity contribution is 4.83. The van der Waals surface area contributed by atoms with Gasteiger partial charge in [-0.05, 0) is 44.6 Å². The monoisotopic (exact) mass is 155 g/mol. The quantitative estimate of drug-likeness (QED) is 0.645. The van der Waals surface area contributed by atoms with Gasteiger partial charge in [0.2, 0.25) is 0 Å². The summed E-state index contributed by atoms with van der Waals surface area (Å²) in [7, 11) is 2.07. The molecule has 1 saturated carbocycles. The van der Waals surface area contributed by atoms with Crippen LogP contribution in [0.4, 0.5) is 0 Å². The number of rotatable bonds is 2. The van der Waals surface area contributed by atoms with Crippen molar-refractivity contribution in [3.63, 3.8) is 0 Å². The Morgan fingerprint density at radius 3 is 2.00 bits per heavy atom. The van der Waals surface area contributed by atoms with Crippen LogP contribution in [0.1, 0.15) is 33.6 Å². The fraction of sp³-hybridized carbons (Fsp3) is 1.00. The van der Waals surface area contributed by atoms with Gasteiger partial charge in [-0.25, -0.2) is 0 Å². The van der Waals surface area contributed by atoms with Crippen LogP contribution in [0.15, 0.2) is 0 Å². The fourth-order valence-electron chi connectivity index (χ4n) is 2.16. The lowest BCUT2D eigenvalue weighted by Gasteiger charge is -2.17. The van der Waals surface area contributed by atoms with Crippen LogP contribution < -0.4 is 5.32 Å². The predicted molar refractivity (Wildman–Crippen MR) is 49.6 cm³/mol. The van der Waals surface area contributed by atoms with Crippen molar-refractivity contribution in [2.24, 2.45) is 17.8 Å². The second-order valence-corrected chi connectivity index (χ2v) is 4.26. The molecule has 0 saturated heterocycles. The zero-order valence-electron chi connectivity index (χ0n) is 8.22. The van der Waals surface area contributed by atoms with E-state index >= 15 is 0 Å². The molecular weight excluding hydrogens is 134 g/mol. The van der Waals surface area contributed by atoms with Crippen LogP contribution in [0.5, 0.6) is 0 Å². The minimum atomic E-state index is 0.711. The summed E-state index contributed by atoms with van der Waals surface area (Å²) in [5.41, 5.74) is 0. The van der Waals surface area contributed by atoms with Gasteiger partial charge in [0.25, 0.3) is 0 Å². The van der Waals surface area contributed by atoms with Gasteiger partial charge in [0.15, 0.2) is 0 Å². The molecule has 0 aromatic carbocycles. The molecule has 3 atom stereocenters. The Kier molecular flexibility index (Phi) is 2.94. The van der Waals surface area contributed by atoms with Crippen molar-refractivity contribution in [1.29, 1.82) is 0 Å².